The van der Waals surface area contributed by atoms with E-state index >= 15 is 0 Å². The molecule has 0 bridgehead atoms. The molecule has 0 amide bonds. The number of piperidine rings is 1. The van der Waals surface area contributed by atoms with E-state index in [1.807, 2.05) is 0 Å². The number of hydrogen-bond acceptors (Lipinski definition) is 0. The van der Waals surface area contributed by atoms with Crippen molar-refractivity contribution in [1.82, 2.24) is 0 Å². The Hall–Kier alpha value is -2.12. The molecule has 0 aromatic heterocycles. The van der Waals surface area contributed by atoms with E-state index in [0.717, 1.165) is 4.48 Å². The third-order valence-corrected chi connectivity index (χ3v) is 4.86. The molecule has 3 rings (SSSR count). The van der Waals surface area contributed by atoms with Gasteiger partial charge in [-0.05, 0) is 36.1 Å². The number of hydrogen-bond donors (Lipinski definition) is 0. The number of likely N-dealkylation sites (N-methyl/N-ethyl adjacent to an activating group) is 1. The maximum atomic E-state index is 2.41. The normalized spacial score (nSPS) is 25.2. The van der Waals surface area contributed by atoms with E-state index in [-0.39, 0.29) is 0 Å². The fourth-order valence-corrected chi connectivity index (χ4v) is 3.35. The third kappa shape index (κ3) is 4.20. The van der Waals surface area contributed by atoms with Crippen molar-refractivity contribution in [1.29, 1.82) is 0 Å². The monoisotopic (exact) mass is 304 g/mol. The second kappa shape index (κ2) is 7.43. The Morgan fingerprint density at radius 2 is 1.43 bits per heavy atom. The van der Waals surface area contributed by atoms with Crippen LogP contribution >= 0.6 is 0 Å². The lowest BCUT2D eigenvalue weighted by Gasteiger charge is -2.40. The van der Waals surface area contributed by atoms with Gasteiger partial charge in [0.15, 0.2) is 0 Å². The van der Waals surface area contributed by atoms with Gasteiger partial charge in [-0.1, -0.05) is 66.7 Å². The Morgan fingerprint density at radius 3 is 2.09 bits per heavy atom. The van der Waals surface area contributed by atoms with Gasteiger partial charge in [-0.15, -0.1) is 0 Å². The second-order valence-corrected chi connectivity index (χ2v) is 6.63. The minimum absolute atomic E-state index is 0.559. The molecule has 0 spiro atoms. The van der Waals surface area contributed by atoms with E-state index in [0.29, 0.717) is 6.04 Å². The molecule has 2 aromatic rings. The Balaban J connectivity index is 1.77. The van der Waals surface area contributed by atoms with Gasteiger partial charge in [0.05, 0.1) is 19.8 Å². The smallest absolute Gasteiger partial charge is 0.112 e. The van der Waals surface area contributed by atoms with Crippen LogP contribution in [0.25, 0.3) is 12.2 Å². The molecule has 1 aliphatic rings. The minimum Gasteiger partial charge on any atom is -0.294 e. The minimum atomic E-state index is 0.559. The van der Waals surface area contributed by atoms with Gasteiger partial charge in [-0.3, -0.25) is 4.48 Å². The van der Waals surface area contributed by atoms with E-state index in [2.05, 4.69) is 92.1 Å². The first kappa shape index (κ1) is 15.8. The number of nitrogens with zero attached hydrogens (tertiary/aromatic N) is 1. The Bertz CT molecular complexity index is 657. The van der Waals surface area contributed by atoms with Crippen molar-refractivity contribution in [3.8, 4) is 0 Å². The van der Waals surface area contributed by atoms with E-state index in [1.54, 1.807) is 0 Å². The topological polar surface area (TPSA) is 0 Å². The second-order valence-electron chi connectivity index (χ2n) is 6.63. The van der Waals surface area contributed by atoms with Gasteiger partial charge in [0.1, 0.15) is 6.04 Å². The summed E-state index contributed by atoms with van der Waals surface area (Å²) in [6.45, 7) is 1.22. The van der Waals surface area contributed by atoms with Crippen LogP contribution in [0.3, 0.4) is 0 Å². The molecular weight excluding hydrogens is 278 g/mol. The lowest BCUT2D eigenvalue weighted by atomic mass is 9.98. The summed E-state index contributed by atoms with van der Waals surface area (Å²) >= 11 is 0. The fraction of sp³-hybridized carbons (Fsp3) is 0.273. The average molecular weight is 304 g/mol. The zero-order valence-corrected chi connectivity index (χ0v) is 13.9. The van der Waals surface area contributed by atoms with Crippen LogP contribution in [0, 0.1) is 0 Å². The highest BCUT2D eigenvalue weighted by molar-refractivity contribution is 5.50. The highest BCUT2D eigenvalue weighted by Gasteiger charge is 2.31. The summed E-state index contributed by atoms with van der Waals surface area (Å²) in [7, 11) is 2.36. The van der Waals surface area contributed by atoms with Gasteiger partial charge >= 0.3 is 0 Å². The summed E-state index contributed by atoms with van der Waals surface area (Å²) in [5, 5.41) is 0. The number of benzene rings is 2. The predicted molar refractivity (Wildman–Crippen MR) is 99.6 cm³/mol. The van der Waals surface area contributed by atoms with Crippen molar-refractivity contribution < 1.29 is 4.48 Å². The van der Waals surface area contributed by atoms with Crippen LogP contribution in [0.2, 0.25) is 0 Å². The SMILES string of the molecule is C[N+]1(C=Cc2ccccc2)CCCCC1C=Cc1ccccc1. The van der Waals surface area contributed by atoms with Crippen molar-refractivity contribution in [3.63, 3.8) is 0 Å². The van der Waals surface area contributed by atoms with Crippen molar-refractivity contribution in [3.05, 3.63) is 84.1 Å². The molecule has 2 atom stereocenters. The van der Waals surface area contributed by atoms with Crippen LogP contribution in [0.5, 0.6) is 0 Å². The largest absolute Gasteiger partial charge is 0.294 e. The van der Waals surface area contributed by atoms with Crippen molar-refractivity contribution in [2.24, 2.45) is 0 Å². The third-order valence-electron chi connectivity index (χ3n) is 4.86. The first-order chi connectivity index (χ1) is 11.3. The first-order valence-corrected chi connectivity index (χ1v) is 8.59. The standard InChI is InChI=1S/C22H26N/c1-23(19-17-21-12-6-3-7-13-21)18-9-8-14-22(23)16-15-20-10-4-2-5-11-20/h2-7,10-13,15-17,19,22H,8-9,14,18H2,1H3/q+1. The fourth-order valence-electron chi connectivity index (χ4n) is 3.35. The molecule has 1 aliphatic heterocycles. The molecular formula is C22H26N+. The van der Waals surface area contributed by atoms with Crippen molar-refractivity contribution >= 4 is 12.2 Å². The summed E-state index contributed by atoms with van der Waals surface area (Å²) in [6.07, 6.45) is 13.2. The Labute approximate surface area is 140 Å². The highest BCUT2D eigenvalue weighted by atomic mass is 15.3. The zero-order valence-electron chi connectivity index (χ0n) is 13.9. The summed E-state index contributed by atoms with van der Waals surface area (Å²) in [5.41, 5.74) is 2.57. The Kier molecular flexibility index (Phi) is 5.09. The van der Waals surface area contributed by atoms with E-state index < -0.39 is 0 Å². The summed E-state index contributed by atoms with van der Waals surface area (Å²) < 4.78 is 0.998. The zero-order chi connectivity index (χ0) is 16.0. The van der Waals surface area contributed by atoms with Gasteiger partial charge in [0, 0.05) is 6.42 Å². The van der Waals surface area contributed by atoms with Crippen LogP contribution in [0.4, 0.5) is 0 Å². The molecule has 23 heavy (non-hydrogen) atoms. The summed E-state index contributed by atoms with van der Waals surface area (Å²) in [6, 6.07) is 21.8. The molecule has 2 unspecified atom stereocenters. The molecule has 0 saturated carbocycles. The van der Waals surface area contributed by atoms with Gasteiger partial charge in [0.25, 0.3) is 0 Å². The molecule has 1 fully saturated rings. The molecule has 1 heteroatoms. The predicted octanol–water partition coefficient (Wildman–Crippen LogP) is 5.37. The van der Waals surface area contributed by atoms with Crippen LogP contribution in [-0.2, 0) is 0 Å². The lowest BCUT2D eigenvalue weighted by molar-refractivity contribution is -0.882. The van der Waals surface area contributed by atoms with Gasteiger partial charge in [-0.25, -0.2) is 0 Å². The molecule has 1 nitrogen and oxygen atoms in total. The molecule has 2 aromatic carbocycles. The lowest BCUT2D eigenvalue weighted by Crippen LogP contribution is -2.49. The van der Waals surface area contributed by atoms with Crippen LogP contribution in [-0.4, -0.2) is 24.1 Å². The van der Waals surface area contributed by atoms with Crippen LogP contribution < -0.4 is 0 Å². The van der Waals surface area contributed by atoms with Crippen LogP contribution in [0.15, 0.2) is 72.9 Å². The Morgan fingerprint density at radius 1 is 0.826 bits per heavy atom. The highest BCUT2D eigenvalue weighted by Crippen LogP contribution is 2.27. The molecule has 118 valence electrons. The first-order valence-electron chi connectivity index (χ1n) is 8.59. The average Bonchev–Trinajstić information content (AvgIpc) is 2.61. The van der Waals surface area contributed by atoms with Crippen LogP contribution in [0.1, 0.15) is 30.4 Å². The molecule has 0 radical (unpaired) electrons. The van der Waals surface area contributed by atoms with E-state index in [9.17, 15) is 0 Å². The number of rotatable bonds is 4. The maximum absolute atomic E-state index is 2.41. The molecule has 1 heterocycles. The summed E-state index contributed by atoms with van der Waals surface area (Å²) in [4.78, 5) is 0. The number of quaternary nitrogens is 1. The molecule has 0 aliphatic carbocycles. The maximum Gasteiger partial charge on any atom is 0.112 e. The molecule has 0 N–H and O–H groups in total. The van der Waals surface area contributed by atoms with Gasteiger partial charge in [0.2, 0.25) is 0 Å². The number of likely N-dealkylation sites (tertiary alicyclic amines) is 1. The van der Waals surface area contributed by atoms with Gasteiger partial charge < -0.3 is 0 Å². The van der Waals surface area contributed by atoms with Crippen molar-refractivity contribution in [2.45, 2.75) is 25.3 Å². The quantitative estimate of drug-likeness (QED) is 0.666. The van der Waals surface area contributed by atoms with E-state index in [4.69, 9.17) is 0 Å². The van der Waals surface area contributed by atoms with E-state index in [1.165, 1.54) is 36.9 Å². The molecule has 1 saturated heterocycles. The van der Waals surface area contributed by atoms with Gasteiger partial charge in [-0.2, -0.15) is 0 Å². The van der Waals surface area contributed by atoms with Crippen molar-refractivity contribution in [2.75, 3.05) is 13.6 Å². The summed E-state index contributed by atoms with van der Waals surface area (Å²) in [5.74, 6) is 0.